The second-order valence-electron chi connectivity index (χ2n) is 4.05. The van der Waals surface area contributed by atoms with Gasteiger partial charge in [-0.3, -0.25) is 0 Å². The van der Waals surface area contributed by atoms with Gasteiger partial charge in [-0.1, -0.05) is 6.42 Å². The number of sulfonamides is 1. The molecule has 2 rings (SSSR count). The maximum Gasteiger partial charge on any atom is 0.260 e. The molecule has 6 heteroatoms. The van der Waals surface area contributed by atoms with Crippen molar-refractivity contribution in [2.45, 2.75) is 24.3 Å². The fraction of sp³-hybridized carbons (Fsp3) is 0.500. The molecule has 1 aliphatic rings. The standard InChI is InChI=1S/C10H15N3O2S/c11-9-5-2-6-12-10(9)16(14,15)13-7-8-3-1-4-8/h2,5-6,8,13H,1,3-4,7,11H2. The van der Waals surface area contributed by atoms with Gasteiger partial charge in [-0.05, 0) is 30.9 Å². The zero-order valence-electron chi connectivity index (χ0n) is 8.89. The number of anilines is 1. The van der Waals surface area contributed by atoms with E-state index in [1.807, 2.05) is 0 Å². The first-order valence-electron chi connectivity index (χ1n) is 5.30. The van der Waals surface area contributed by atoms with Gasteiger partial charge in [-0.25, -0.2) is 18.1 Å². The summed E-state index contributed by atoms with van der Waals surface area (Å²) in [4.78, 5) is 3.80. The van der Waals surface area contributed by atoms with Crippen molar-refractivity contribution in [2.24, 2.45) is 5.92 Å². The first kappa shape index (κ1) is 11.3. The van der Waals surface area contributed by atoms with Crippen LogP contribution in [0.1, 0.15) is 19.3 Å². The summed E-state index contributed by atoms with van der Waals surface area (Å²) in [5.41, 5.74) is 5.76. The lowest BCUT2D eigenvalue weighted by atomic mass is 9.86. The highest BCUT2D eigenvalue weighted by atomic mass is 32.2. The first-order valence-corrected chi connectivity index (χ1v) is 6.78. The number of nitrogens with one attached hydrogen (secondary N) is 1. The third kappa shape index (κ3) is 2.33. The van der Waals surface area contributed by atoms with Gasteiger partial charge in [-0.2, -0.15) is 0 Å². The summed E-state index contributed by atoms with van der Waals surface area (Å²) >= 11 is 0. The molecule has 0 aromatic carbocycles. The molecule has 0 bridgehead atoms. The Balaban J connectivity index is 2.09. The molecule has 0 unspecified atom stereocenters. The van der Waals surface area contributed by atoms with Crippen LogP contribution in [-0.4, -0.2) is 19.9 Å². The molecule has 1 aromatic rings. The van der Waals surface area contributed by atoms with E-state index in [2.05, 4.69) is 9.71 Å². The lowest BCUT2D eigenvalue weighted by Gasteiger charge is -2.25. The minimum atomic E-state index is -3.55. The monoisotopic (exact) mass is 241 g/mol. The predicted molar refractivity (Wildman–Crippen MR) is 61.2 cm³/mol. The maximum atomic E-state index is 11.8. The van der Waals surface area contributed by atoms with Crippen LogP contribution < -0.4 is 10.5 Å². The summed E-state index contributed by atoms with van der Waals surface area (Å²) in [6.07, 6.45) is 4.81. The van der Waals surface area contributed by atoms with E-state index in [0.717, 1.165) is 12.8 Å². The summed E-state index contributed by atoms with van der Waals surface area (Å²) in [7, 11) is -3.55. The Morgan fingerprint density at radius 1 is 1.50 bits per heavy atom. The van der Waals surface area contributed by atoms with Gasteiger partial charge in [0.25, 0.3) is 10.0 Å². The first-order chi connectivity index (χ1) is 7.59. The van der Waals surface area contributed by atoms with Gasteiger partial charge in [-0.15, -0.1) is 0 Å². The SMILES string of the molecule is Nc1cccnc1S(=O)(=O)NCC1CCC1. The molecule has 0 aliphatic heterocycles. The van der Waals surface area contributed by atoms with Crippen LogP contribution in [0, 0.1) is 5.92 Å². The zero-order valence-corrected chi connectivity index (χ0v) is 9.70. The second-order valence-corrected chi connectivity index (χ2v) is 5.73. The molecule has 1 aromatic heterocycles. The highest BCUT2D eigenvalue weighted by molar-refractivity contribution is 7.89. The van der Waals surface area contributed by atoms with Crippen LogP contribution in [0.4, 0.5) is 5.69 Å². The average Bonchev–Trinajstić information content (AvgIpc) is 2.15. The third-order valence-electron chi connectivity index (χ3n) is 2.84. The summed E-state index contributed by atoms with van der Waals surface area (Å²) in [5.74, 6) is 0.472. The summed E-state index contributed by atoms with van der Waals surface area (Å²) in [6.45, 7) is 0.484. The topological polar surface area (TPSA) is 85.1 Å². The van der Waals surface area contributed by atoms with Crippen molar-refractivity contribution in [3.8, 4) is 0 Å². The van der Waals surface area contributed by atoms with Crippen molar-refractivity contribution in [2.75, 3.05) is 12.3 Å². The number of rotatable bonds is 4. The van der Waals surface area contributed by atoms with Gasteiger partial charge in [0.2, 0.25) is 0 Å². The van der Waals surface area contributed by atoms with E-state index in [1.165, 1.54) is 18.7 Å². The fourth-order valence-corrected chi connectivity index (χ4v) is 2.79. The van der Waals surface area contributed by atoms with Crippen molar-refractivity contribution in [3.63, 3.8) is 0 Å². The van der Waals surface area contributed by atoms with Gasteiger partial charge in [0.05, 0.1) is 5.69 Å². The van der Waals surface area contributed by atoms with Crippen LogP contribution in [0.25, 0.3) is 0 Å². The predicted octanol–water partition coefficient (Wildman–Crippen LogP) is 0.742. The number of aromatic nitrogens is 1. The quantitative estimate of drug-likeness (QED) is 0.814. The third-order valence-corrected chi connectivity index (χ3v) is 4.24. The molecule has 16 heavy (non-hydrogen) atoms. The van der Waals surface area contributed by atoms with E-state index in [-0.39, 0.29) is 10.7 Å². The van der Waals surface area contributed by atoms with Crippen molar-refractivity contribution < 1.29 is 8.42 Å². The minimum absolute atomic E-state index is 0.0747. The van der Waals surface area contributed by atoms with Crippen LogP contribution in [0.2, 0.25) is 0 Å². The molecule has 0 spiro atoms. The molecule has 0 atom stereocenters. The Morgan fingerprint density at radius 3 is 2.81 bits per heavy atom. The molecule has 1 heterocycles. The van der Waals surface area contributed by atoms with Gasteiger partial charge in [0.1, 0.15) is 0 Å². The average molecular weight is 241 g/mol. The molecular weight excluding hydrogens is 226 g/mol. The number of hydrogen-bond donors (Lipinski definition) is 2. The highest BCUT2D eigenvalue weighted by Crippen LogP contribution is 2.25. The molecule has 88 valence electrons. The molecule has 0 radical (unpaired) electrons. The van der Waals surface area contributed by atoms with Crippen LogP contribution in [0.3, 0.4) is 0 Å². The number of pyridine rings is 1. The van der Waals surface area contributed by atoms with Crippen molar-refractivity contribution in [1.82, 2.24) is 9.71 Å². The number of nitrogen functional groups attached to an aromatic ring is 1. The van der Waals surface area contributed by atoms with Gasteiger partial charge in [0, 0.05) is 12.7 Å². The number of nitrogens with two attached hydrogens (primary N) is 1. The Hall–Kier alpha value is -1.14. The molecule has 0 amide bonds. The molecule has 5 nitrogen and oxygen atoms in total. The van der Waals surface area contributed by atoms with Crippen molar-refractivity contribution in [3.05, 3.63) is 18.3 Å². The molecule has 1 aliphatic carbocycles. The Labute approximate surface area is 95.1 Å². The van der Waals surface area contributed by atoms with Crippen molar-refractivity contribution >= 4 is 15.7 Å². The van der Waals surface area contributed by atoms with Crippen molar-refractivity contribution in [1.29, 1.82) is 0 Å². The number of hydrogen-bond acceptors (Lipinski definition) is 4. The van der Waals surface area contributed by atoms with Crippen LogP contribution >= 0.6 is 0 Å². The summed E-state index contributed by atoms with van der Waals surface area (Å²) < 4.78 is 26.2. The fourth-order valence-electron chi connectivity index (χ4n) is 1.62. The van der Waals surface area contributed by atoms with E-state index in [4.69, 9.17) is 5.73 Å². The molecule has 1 fully saturated rings. The van der Waals surface area contributed by atoms with E-state index < -0.39 is 10.0 Å². The smallest absolute Gasteiger partial charge is 0.260 e. The number of nitrogens with zero attached hydrogens (tertiary/aromatic N) is 1. The zero-order chi connectivity index (χ0) is 11.6. The second kappa shape index (κ2) is 4.39. The lowest BCUT2D eigenvalue weighted by molar-refractivity contribution is 0.316. The molecular formula is C10H15N3O2S. The Morgan fingerprint density at radius 2 is 2.25 bits per heavy atom. The van der Waals surface area contributed by atoms with E-state index in [0.29, 0.717) is 12.5 Å². The van der Waals surface area contributed by atoms with E-state index in [9.17, 15) is 8.42 Å². The highest BCUT2D eigenvalue weighted by Gasteiger charge is 2.23. The van der Waals surface area contributed by atoms with Crippen LogP contribution in [0.15, 0.2) is 23.4 Å². The summed E-state index contributed by atoms with van der Waals surface area (Å²) in [5, 5.41) is -0.0747. The van der Waals surface area contributed by atoms with Gasteiger partial charge in [0.15, 0.2) is 5.03 Å². The summed E-state index contributed by atoms with van der Waals surface area (Å²) in [6, 6.07) is 3.14. The Bertz CT molecular complexity index is 469. The minimum Gasteiger partial charge on any atom is -0.396 e. The van der Waals surface area contributed by atoms with E-state index in [1.54, 1.807) is 6.07 Å². The van der Waals surface area contributed by atoms with Gasteiger partial charge >= 0.3 is 0 Å². The van der Waals surface area contributed by atoms with Crippen LogP contribution in [0.5, 0.6) is 0 Å². The molecule has 0 saturated heterocycles. The van der Waals surface area contributed by atoms with E-state index >= 15 is 0 Å². The van der Waals surface area contributed by atoms with Crippen LogP contribution in [-0.2, 0) is 10.0 Å². The normalized spacial score (nSPS) is 17.0. The largest absolute Gasteiger partial charge is 0.396 e. The molecule has 1 saturated carbocycles. The Kier molecular flexibility index (Phi) is 3.11. The lowest BCUT2D eigenvalue weighted by Crippen LogP contribution is -2.33. The van der Waals surface area contributed by atoms with Gasteiger partial charge < -0.3 is 5.73 Å². The molecule has 3 N–H and O–H groups in total. The maximum absolute atomic E-state index is 11.8.